The highest BCUT2D eigenvalue weighted by Crippen LogP contribution is 2.24. The average Bonchev–Trinajstić information content (AvgIpc) is 2.75. The number of nitrogens with zero attached hydrogens (tertiary/aromatic N) is 2. The van der Waals surface area contributed by atoms with Gasteiger partial charge < -0.3 is 10.2 Å². The third-order valence-electron chi connectivity index (χ3n) is 6.03. The van der Waals surface area contributed by atoms with Crippen LogP contribution < -0.4 is 5.32 Å². The quantitative estimate of drug-likeness (QED) is 0.737. The molecule has 3 rings (SSSR count). The molecule has 2 amide bonds. The normalized spacial score (nSPS) is 21.3. The van der Waals surface area contributed by atoms with Gasteiger partial charge in [-0.15, -0.1) is 6.58 Å². The van der Waals surface area contributed by atoms with E-state index in [-0.39, 0.29) is 17.7 Å². The molecule has 0 radical (unpaired) electrons. The molecule has 0 spiro atoms. The largest absolute Gasteiger partial charge is 0.355 e. The van der Waals surface area contributed by atoms with Gasteiger partial charge in [-0.1, -0.05) is 36.4 Å². The predicted octanol–water partition coefficient (Wildman–Crippen LogP) is 2.62. The van der Waals surface area contributed by atoms with Crippen molar-refractivity contribution < 1.29 is 9.59 Å². The molecule has 2 aliphatic heterocycles. The molecular weight excluding hydrogens is 350 g/mol. The van der Waals surface area contributed by atoms with Gasteiger partial charge in [0.25, 0.3) is 0 Å². The fourth-order valence-corrected chi connectivity index (χ4v) is 4.40. The Hall–Kier alpha value is -2.14. The Morgan fingerprint density at radius 1 is 1.11 bits per heavy atom. The summed E-state index contributed by atoms with van der Waals surface area (Å²) in [5.41, 5.74) is 1.26. The third-order valence-corrected chi connectivity index (χ3v) is 6.03. The van der Waals surface area contributed by atoms with E-state index >= 15 is 0 Å². The summed E-state index contributed by atoms with van der Waals surface area (Å²) in [4.78, 5) is 29.1. The Labute approximate surface area is 168 Å². The summed E-state index contributed by atoms with van der Waals surface area (Å²) in [6.45, 7) is 7.91. The van der Waals surface area contributed by atoms with E-state index in [4.69, 9.17) is 0 Å². The van der Waals surface area contributed by atoms with Crippen LogP contribution in [0.5, 0.6) is 0 Å². The number of carbonyl (C=O) groups is 2. The van der Waals surface area contributed by atoms with E-state index in [0.29, 0.717) is 19.0 Å². The van der Waals surface area contributed by atoms with Crippen molar-refractivity contribution in [3.8, 4) is 0 Å². The van der Waals surface area contributed by atoms with Crippen LogP contribution >= 0.6 is 0 Å². The van der Waals surface area contributed by atoms with Gasteiger partial charge in [-0.25, -0.2) is 0 Å². The Morgan fingerprint density at radius 2 is 1.86 bits per heavy atom. The summed E-state index contributed by atoms with van der Waals surface area (Å²) in [6.07, 6.45) is 7.05. The highest BCUT2D eigenvalue weighted by atomic mass is 16.2. The molecule has 0 unspecified atom stereocenters. The van der Waals surface area contributed by atoms with Crippen molar-refractivity contribution in [2.45, 2.75) is 44.6 Å². The lowest BCUT2D eigenvalue weighted by Gasteiger charge is -2.42. The van der Waals surface area contributed by atoms with E-state index in [1.54, 1.807) is 6.08 Å². The van der Waals surface area contributed by atoms with E-state index < -0.39 is 0 Å². The molecule has 2 heterocycles. The maximum atomic E-state index is 12.6. The van der Waals surface area contributed by atoms with Crippen molar-refractivity contribution in [3.63, 3.8) is 0 Å². The fraction of sp³-hybridized carbons (Fsp3) is 0.565. The number of likely N-dealkylation sites (tertiary alicyclic amines) is 2. The summed E-state index contributed by atoms with van der Waals surface area (Å²) < 4.78 is 0. The SMILES string of the molecule is C=CCC(=O)N1CCC(N2CCC[C@H](C(=O)NCCc3ccccc3)C2)CC1. The summed E-state index contributed by atoms with van der Waals surface area (Å²) in [6, 6.07) is 10.8. The summed E-state index contributed by atoms with van der Waals surface area (Å²) in [5.74, 6) is 0.465. The van der Waals surface area contributed by atoms with E-state index in [1.807, 2.05) is 23.1 Å². The van der Waals surface area contributed by atoms with E-state index in [9.17, 15) is 9.59 Å². The second-order valence-electron chi connectivity index (χ2n) is 7.97. The number of carbonyl (C=O) groups excluding carboxylic acids is 2. The predicted molar refractivity (Wildman–Crippen MR) is 112 cm³/mol. The van der Waals surface area contributed by atoms with Crippen molar-refractivity contribution in [1.29, 1.82) is 0 Å². The van der Waals surface area contributed by atoms with Crippen LogP contribution in [0.1, 0.15) is 37.7 Å². The van der Waals surface area contributed by atoms with Gasteiger partial charge in [-0.05, 0) is 44.2 Å². The molecule has 2 saturated heterocycles. The fourth-order valence-electron chi connectivity index (χ4n) is 4.40. The van der Waals surface area contributed by atoms with Crippen LogP contribution in [0.25, 0.3) is 0 Å². The van der Waals surface area contributed by atoms with Gasteiger partial charge in [0.1, 0.15) is 0 Å². The first kappa shape index (κ1) is 20.6. The molecule has 2 fully saturated rings. The standard InChI is InChI=1S/C23H33N3O2/c1-2-7-22(27)25-16-12-21(13-17-25)26-15-6-10-20(18-26)23(28)24-14-11-19-8-4-3-5-9-19/h2-5,8-9,20-21H,1,6-7,10-18H2,(H,24,28)/t20-/m0/s1. The highest BCUT2D eigenvalue weighted by Gasteiger charge is 2.32. The van der Waals surface area contributed by atoms with Gasteiger partial charge in [0.2, 0.25) is 11.8 Å². The molecule has 28 heavy (non-hydrogen) atoms. The molecule has 1 atom stereocenters. The van der Waals surface area contributed by atoms with Crippen LogP contribution in [-0.2, 0) is 16.0 Å². The van der Waals surface area contributed by atoms with Crippen LogP contribution in [-0.4, -0.2) is 60.4 Å². The zero-order valence-corrected chi connectivity index (χ0v) is 16.8. The molecule has 0 aliphatic carbocycles. The van der Waals surface area contributed by atoms with Crippen LogP contribution in [0.4, 0.5) is 0 Å². The number of hydrogen-bond donors (Lipinski definition) is 1. The van der Waals surface area contributed by atoms with Gasteiger partial charge in [0, 0.05) is 38.6 Å². The topological polar surface area (TPSA) is 52.7 Å². The van der Waals surface area contributed by atoms with E-state index in [0.717, 1.165) is 58.3 Å². The van der Waals surface area contributed by atoms with Gasteiger partial charge in [-0.2, -0.15) is 0 Å². The third kappa shape index (κ3) is 5.68. The van der Waals surface area contributed by atoms with Gasteiger partial charge in [0.05, 0.1) is 5.92 Å². The van der Waals surface area contributed by atoms with Crippen molar-refractivity contribution in [3.05, 3.63) is 48.6 Å². The van der Waals surface area contributed by atoms with Crippen molar-refractivity contribution >= 4 is 11.8 Å². The molecule has 152 valence electrons. The lowest BCUT2D eigenvalue weighted by molar-refractivity contribution is -0.132. The summed E-state index contributed by atoms with van der Waals surface area (Å²) in [5, 5.41) is 3.13. The first-order chi connectivity index (χ1) is 13.7. The average molecular weight is 384 g/mol. The molecule has 1 N–H and O–H groups in total. The maximum Gasteiger partial charge on any atom is 0.226 e. The minimum Gasteiger partial charge on any atom is -0.355 e. The van der Waals surface area contributed by atoms with Gasteiger partial charge >= 0.3 is 0 Å². The zero-order chi connectivity index (χ0) is 19.8. The molecule has 0 saturated carbocycles. The Bertz CT molecular complexity index is 653. The zero-order valence-electron chi connectivity index (χ0n) is 16.8. The first-order valence-corrected chi connectivity index (χ1v) is 10.6. The number of hydrogen-bond acceptors (Lipinski definition) is 3. The van der Waals surface area contributed by atoms with Gasteiger partial charge in [0.15, 0.2) is 0 Å². The Balaban J connectivity index is 1.42. The van der Waals surface area contributed by atoms with Crippen LogP contribution in [0.2, 0.25) is 0 Å². The van der Waals surface area contributed by atoms with Crippen molar-refractivity contribution in [2.24, 2.45) is 5.92 Å². The van der Waals surface area contributed by atoms with E-state index in [1.165, 1.54) is 5.56 Å². The smallest absolute Gasteiger partial charge is 0.226 e. The molecule has 2 aliphatic rings. The molecular formula is C23H33N3O2. The number of benzene rings is 1. The molecule has 5 heteroatoms. The number of piperidine rings is 2. The molecule has 0 aromatic heterocycles. The molecule has 1 aromatic rings. The lowest BCUT2D eigenvalue weighted by Crippen LogP contribution is -2.51. The minimum absolute atomic E-state index is 0.0879. The maximum absolute atomic E-state index is 12.6. The second kappa shape index (κ2) is 10.4. The van der Waals surface area contributed by atoms with Crippen LogP contribution in [0.3, 0.4) is 0 Å². The number of nitrogens with one attached hydrogen (secondary N) is 1. The Kier molecular flexibility index (Phi) is 7.66. The monoisotopic (exact) mass is 383 g/mol. The highest BCUT2D eigenvalue weighted by molar-refractivity contribution is 5.79. The van der Waals surface area contributed by atoms with Crippen LogP contribution in [0, 0.1) is 5.92 Å². The molecule has 1 aromatic carbocycles. The van der Waals surface area contributed by atoms with Crippen LogP contribution in [0.15, 0.2) is 43.0 Å². The van der Waals surface area contributed by atoms with Crippen molar-refractivity contribution in [2.75, 3.05) is 32.7 Å². The first-order valence-electron chi connectivity index (χ1n) is 10.6. The molecule has 0 bridgehead atoms. The lowest BCUT2D eigenvalue weighted by atomic mass is 9.93. The van der Waals surface area contributed by atoms with Crippen molar-refractivity contribution in [1.82, 2.24) is 15.1 Å². The summed E-state index contributed by atoms with van der Waals surface area (Å²) >= 11 is 0. The second-order valence-corrected chi connectivity index (χ2v) is 7.97. The number of rotatable bonds is 7. The Morgan fingerprint density at radius 3 is 2.57 bits per heavy atom. The molecule has 5 nitrogen and oxygen atoms in total. The van der Waals surface area contributed by atoms with E-state index in [2.05, 4.69) is 28.9 Å². The minimum atomic E-state index is 0.0879. The number of amides is 2. The summed E-state index contributed by atoms with van der Waals surface area (Å²) in [7, 11) is 0. The van der Waals surface area contributed by atoms with Gasteiger partial charge in [-0.3, -0.25) is 14.5 Å².